The van der Waals surface area contributed by atoms with E-state index < -0.39 is 12.1 Å². The summed E-state index contributed by atoms with van der Waals surface area (Å²) in [4.78, 5) is 14.2. The number of hydrogen-bond donors (Lipinski definition) is 1. The Bertz CT molecular complexity index is 349. The molecule has 0 bridgehead atoms. The molecule has 0 atom stereocenters. The number of carbonyl (C=O) groups is 1. The lowest BCUT2D eigenvalue weighted by Gasteiger charge is -2.06. The third kappa shape index (κ3) is 2.72. The van der Waals surface area contributed by atoms with Gasteiger partial charge in [0.25, 0.3) is 0 Å². The normalized spacial score (nSPS) is 11.1. The number of hydrogen-bond acceptors (Lipinski definition) is 2. The van der Waals surface area contributed by atoms with E-state index in [-0.39, 0.29) is 5.82 Å². The molecule has 0 radical (unpaired) electrons. The monoisotopic (exact) mass is 204 g/mol. The van der Waals surface area contributed by atoms with Crippen molar-refractivity contribution in [2.45, 2.75) is 13.1 Å². The summed E-state index contributed by atoms with van der Waals surface area (Å²) < 4.78 is 35.4. The van der Waals surface area contributed by atoms with Crippen molar-refractivity contribution in [3.05, 3.63) is 23.9 Å². The molecule has 0 aromatic carbocycles. The van der Waals surface area contributed by atoms with Gasteiger partial charge in [0.15, 0.2) is 0 Å². The molecule has 3 nitrogen and oxygen atoms in total. The lowest BCUT2D eigenvalue weighted by Crippen LogP contribution is -2.30. The largest absolute Gasteiger partial charge is 0.471 e. The summed E-state index contributed by atoms with van der Waals surface area (Å²) in [5.41, 5.74) is 0.532. The predicted octanol–water partition coefficient (Wildman–Crippen LogP) is 1.89. The first kappa shape index (κ1) is 10.5. The third-order valence-electron chi connectivity index (χ3n) is 1.39. The molecular formula is C8H7F3N2O. The van der Waals surface area contributed by atoms with Crippen molar-refractivity contribution in [1.82, 2.24) is 4.98 Å². The number of pyridine rings is 1. The second-order valence-corrected chi connectivity index (χ2v) is 2.62. The number of rotatable bonds is 1. The number of nitrogens with zero attached hydrogens (tertiary/aromatic N) is 1. The number of anilines is 1. The molecule has 1 heterocycles. The molecule has 1 aromatic rings. The standard InChI is InChI=1S/C8H7F3N2O/c1-5-3-2-4-6(12-5)13-7(14)8(9,10)11/h2-4H,1H3,(H,12,13,14). The highest BCUT2D eigenvalue weighted by Crippen LogP contribution is 2.17. The molecule has 76 valence electrons. The molecule has 0 aliphatic rings. The van der Waals surface area contributed by atoms with Crippen molar-refractivity contribution in [3.63, 3.8) is 0 Å². The summed E-state index contributed by atoms with van der Waals surface area (Å²) >= 11 is 0. The molecular weight excluding hydrogens is 197 g/mol. The van der Waals surface area contributed by atoms with Crippen LogP contribution in [0.5, 0.6) is 0 Å². The number of aromatic nitrogens is 1. The summed E-state index contributed by atoms with van der Waals surface area (Å²) in [7, 11) is 0. The van der Waals surface area contributed by atoms with Gasteiger partial charge < -0.3 is 5.32 Å². The fraction of sp³-hybridized carbons (Fsp3) is 0.250. The van der Waals surface area contributed by atoms with E-state index in [1.807, 2.05) is 0 Å². The Morgan fingerprint density at radius 2 is 2.07 bits per heavy atom. The average molecular weight is 204 g/mol. The molecule has 6 heteroatoms. The van der Waals surface area contributed by atoms with Gasteiger partial charge >= 0.3 is 12.1 Å². The summed E-state index contributed by atoms with van der Waals surface area (Å²) in [6, 6.07) is 4.41. The van der Waals surface area contributed by atoms with Gasteiger partial charge in [0.05, 0.1) is 0 Å². The van der Waals surface area contributed by atoms with Crippen LogP contribution >= 0.6 is 0 Å². The van der Waals surface area contributed by atoms with Crippen LogP contribution in [0.25, 0.3) is 0 Å². The zero-order valence-corrected chi connectivity index (χ0v) is 7.22. The van der Waals surface area contributed by atoms with E-state index >= 15 is 0 Å². The maximum atomic E-state index is 11.8. The van der Waals surface area contributed by atoms with Gasteiger partial charge in [0.1, 0.15) is 5.82 Å². The fourth-order valence-corrected chi connectivity index (χ4v) is 0.800. The van der Waals surface area contributed by atoms with Crippen molar-refractivity contribution in [1.29, 1.82) is 0 Å². The van der Waals surface area contributed by atoms with Gasteiger partial charge in [-0.3, -0.25) is 4.79 Å². The van der Waals surface area contributed by atoms with Crippen molar-refractivity contribution >= 4 is 11.7 Å². The van der Waals surface area contributed by atoms with Gasteiger partial charge in [-0.25, -0.2) is 4.98 Å². The summed E-state index contributed by atoms with van der Waals surface area (Å²) in [5, 5.41) is 1.65. The predicted molar refractivity (Wildman–Crippen MR) is 43.7 cm³/mol. The zero-order chi connectivity index (χ0) is 10.8. The molecule has 0 aliphatic heterocycles. The smallest absolute Gasteiger partial charge is 0.303 e. The second-order valence-electron chi connectivity index (χ2n) is 2.62. The number of nitrogens with one attached hydrogen (secondary N) is 1. The molecule has 14 heavy (non-hydrogen) atoms. The molecule has 1 rings (SSSR count). The molecule has 0 saturated carbocycles. The molecule has 0 saturated heterocycles. The lowest BCUT2D eigenvalue weighted by molar-refractivity contribution is -0.167. The fourth-order valence-electron chi connectivity index (χ4n) is 0.800. The maximum Gasteiger partial charge on any atom is 0.471 e. The Balaban J connectivity index is 2.75. The first-order chi connectivity index (χ1) is 6.39. The topological polar surface area (TPSA) is 42.0 Å². The Morgan fingerprint density at radius 3 is 2.57 bits per heavy atom. The highest BCUT2D eigenvalue weighted by atomic mass is 19.4. The minimum atomic E-state index is -4.88. The van der Waals surface area contributed by atoms with Crippen LogP contribution in [0, 0.1) is 6.92 Å². The van der Waals surface area contributed by atoms with Gasteiger partial charge in [-0.1, -0.05) is 6.07 Å². The summed E-state index contributed by atoms with van der Waals surface area (Å²) in [5.74, 6) is -2.12. The number of amides is 1. The Kier molecular flexibility index (Phi) is 2.73. The average Bonchev–Trinajstić information content (AvgIpc) is 2.02. The Labute approximate surface area is 78.0 Å². The molecule has 0 unspecified atom stereocenters. The Hall–Kier alpha value is -1.59. The van der Waals surface area contributed by atoms with Crippen LogP contribution in [0.3, 0.4) is 0 Å². The SMILES string of the molecule is Cc1cccc(NC(=O)C(F)(F)F)n1. The van der Waals surface area contributed by atoms with E-state index in [0.29, 0.717) is 5.69 Å². The lowest BCUT2D eigenvalue weighted by atomic mass is 10.4. The molecule has 1 amide bonds. The highest BCUT2D eigenvalue weighted by molar-refractivity contribution is 5.94. The third-order valence-corrected chi connectivity index (χ3v) is 1.39. The molecule has 0 fully saturated rings. The Morgan fingerprint density at radius 1 is 1.43 bits per heavy atom. The van der Waals surface area contributed by atoms with E-state index in [1.165, 1.54) is 12.1 Å². The van der Waals surface area contributed by atoms with E-state index in [9.17, 15) is 18.0 Å². The van der Waals surface area contributed by atoms with Crippen LogP contribution in [-0.4, -0.2) is 17.1 Å². The quantitative estimate of drug-likeness (QED) is 0.758. The highest BCUT2D eigenvalue weighted by Gasteiger charge is 2.38. The zero-order valence-electron chi connectivity index (χ0n) is 7.22. The molecule has 1 N–H and O–H groups in total. The van der Waals surface area contributed by atoms with E-state index in [1.54, 1.807) is 18.3 Å². The second kappa shape index (κ2) is 3.65. The summed E-state index contributed by atoms with van der Waals surface area (Å²) in [6.45, 7) is 1.61. The van der Waals surface area contributed by atoms with Crippen molar-refractivity contribution in [2.75, 3.05) is 5.32 Å². The van der Waals surface area contributed by atoms with Crippen LogP contribution in [-0.2, 0) is 4.79 Å². The van der Waals surface area contributed by atoms with Crippen LogP contribution < -0.4 is 5.32 Å². The van der Waals surface area contributed by atoms with Crippen molar-refractivity contribution in [2.24, 2.45) is 0 Å². The molecule has 0 aliphatic carbocycles. The summed E-state index contributed by atoms with van der Waals surface area (Å²) in [6.07, 6.45) is -4.88. The van der Waals surface area contributed by atoms with Crippen LogP contribution in [0.4, 0.5) is 19.0 Å². The van der Waals surface area contributed by atoms with Gasteiger partial charge in [0, 0.05) is 5.69 Å². The van der Waals surface area contributed by atoms with Crippen molar-refractivity contribution in [3.8, 4) is 0 Å². The molecule has 0 spiro atoms. The van der Waals surface area contributed by atoms with Crippen molar-refractivity contribution < 1.29 is 18.0 Å². The van der Waals surface area contributed by atoms with Crippen LogP contribution in [0.1, 0.15) is 5.69 Å². The van der Waals surface area contributed by atoms with Gasteiger partial charge in [0.2, 0.25) is 0 Å². The number of halogens is 3. The van der Waals surface area contributed by atoms with Gasteiger partial charge in [-0.05, 0) is 19.1 Å². The van der Waals surface area contributed by atoms with Crippen LogP contribution in [0.15, 0.2) is 18.2 Å². The maximum absolute atomic E-state index is 11.8. The van der Waals surface area contributed by atoms with E-state index in [2.05, 4.69) is 4.98 Å². The van der Waals surface area contributed by atoms with Crippen LogP contribution in [0.2, 0.25) is 0 Å². The number of alkyl halides is 3. The first-order valence-corrected chi connectivity index (χ1v) is 3.71. The number of carbonyl (C=O) groups excluding carboxylic acids is 1. The van der Waals surface area contributed by atoms with Gasteiger partial charge in [-0.15, -0.1) is 0 Å². The number of aryl methyl sites for hydroxylation is 1. The molecule has 1 aromatic heterocycles. The first-order valence-electron chi connectivity index (χ1n) is 3.71. The van der Waals surface area contributed by atoms with E-state index in [0.717, 1.165) is 0 Å². The van der Waals surface area contributed by atoms with E-state index in [4.69, 9.17) is 0 Å². The minimum Gasteiger partial charge on any atom is -0.303 e. The minimum absolute atomic E-state index is 0.104. The van der Waals surface area contributed by atoms with Gasteiger partial charge in [-0.2, -0.15) is 13.2 Å².